The fraction of sp³-hybridized carbons (Fsp3) is 0.455. The van der Waals surface area contributed by atoms with E-state index >= 15 is 0 Å². The summed E-state index contributed by atoms with van der Waals surface area (Å²) in [5.41, 5.74) is 9.18. The van der Waals surface area contributed by atoms with Gasteiger partial charge in [-0.05, 0) is 24.7 Å². The first-order valence-corrected chi connectivity index (χ1v) is 18.1. The SMILES string of the molecule is CCCCC1[C-]=CC(C(C)(C)C)=C1.C[C](=[Zr+2])c1ccccc1.Cc1cc2[cH-]c3cc(C)c(C(C)(C)C)cc3c2cc1C(C)(C)C.[Cl-].[Cl-]. The number of halogens is 2. The van der Waals surface area contributed by atoms with Gasteiger partial charge in [0.25, 0.3) is 0 Å². The molecule has 0 saturated heterocycles. The molecular weight excluding hydrogens is 691 g/mol. The Labute approximate surface area is 315 Å². The minimum Gasteiger partial charge on any atom is -1.00 e. The molecule has 0 amide bonds. The molecule has 3 heteroatoms. The summed E-state index contributed by atoms with van der Waals surface area (Å²) in [4.78, 5) is 0. The molecule has 1 unspecified atom stereocenters. The molecule has 0 heterocycles. The molecule has 1 aliphatic rings. The zero-order valence-electron chi connectivity index (χ0n) is 31.4. The fourth-order valence-corrected chi connectivity index (χ4v) is 6.61. The van der Waals surface area contributed by atoms with Crippen LogP contribution in [0.25, 0.3) is 21.5 Å². The molecule has 0 bridgehead atoms. The quantitative estimate of drug-likeness (QED) is 0.201. The van der Waals surface area contributed by atoms with Crippen LogP contribution in [0.15, 0.2) is 78.4 Å². The van der Waals surface area contributed by atoms with Gasteiger partial charge in [-0.2, -0.15) is 11.6 Å². The van der Waals surface area contributed by atoms with Crippen molar-refractivity contribution in [1.29, 1.82) is 0 Å². The number of hydrogen-bond acceptors (Lipinski definition) is 0. The van der Waals surface area contributed by atoms with Gasteiger partial charge in [-0.25, -0.2) is 6.08 Å². The van der Waals surface area contributed by atoms with E-state index in [2.05, 4.69) is 163 Å². The van der Waals surface area contributed by atoms with Gasteiger partial charge in [-0.3, -0.25) is 6.08 Å². The minimum atomic E-state index is 0. The normalized spacial score (nSPS) is 14.4. The first kappa shape index (κ1) is 43.4. The van der Waals surface area contributed by atoms with Crippen molar-refractivity contribution in [2.24, 2.45) is 11.3 Å². The Balaban J connectivity index is 0.000000390. The molecule has 0 aliphatic heterocycles. The van der Waals surface area contributed by atoms with Crippen molar-refractivity contribution in [2.75, 3.05) is 0 Å². The summed E-state index contributed by atoms with van der Waals surface area (Å²) in [5.74, 6) is 0.592. The van der Waals surface area contributed by atoms with Crippen LogP contribution in [0.2, 0.25) is 0 Å². The molecule has 0 N–H and O–H groups in total. The van der Waals surface area contributed by atoms with Crippen molar-refractivity contribution in [3.05, 3.63) is 112 Å². The van der Waals surface area contributed by atoms with E-state index in [1.807, 2.05) is 6.07 Å². The second-order valence-electron chi connectivity index (χ2n) is 16.1. The molecule has 0 saturated carbocycles. The largest absolute Gasteiger partial charge is 1.00 e. The smallest absolute Gasteiger partial charge is 0.0142 e. The van der Waals surface area contributed by atoms with Gasteiger partial charge in [-0.1, -0.05) is 134 Å². The zero-order valence-corrected chi connectivity index (χ0v) is 35.4. The molecule has 0 aromatic heterocycles. The molecule has 0 radical (unpaired) electrons. The first-order chi connectivity index (χ1) is 20.8. The molecule has 0 fully saturated rings. The Morgan fingerprint density at radius 3 is 1.55 bits per heavy atom. The van der Waals surface area contributed by atoms with E-state index in [9.17, 15) is 0 Å². The molecule has 0 nitrogen and oxygen atoms in total. The van der Waals surface area contributed by atoms with E-state index < -0.39 is 0 Å². The van der Waals surface area contributed by atoms with Gasteiger partial charge in [0, 0.05) is 0 Å². The van der Waals surface area contributed by atoms with Crippen LogP contribution in [0.4, 0.5) is 0 Å². The average molecular weight is 749 g/mol. The summed E-state index contributed by atoms with van der Waals surface area (Å²) in [6.45, 7) is 29.5. The van der Waals surface area contributed by atoms with Gasteiger partial charge < -0.3 is 24.8 Å². The summed E-state index contributed by atoms with van der Waals surface area (Å²) in [6.07, 6.45) is 11.9. The molecule has 4 aromatic carbocycles. The number of unbranched alkanes of at least 4 members (excludes halogenated alkanes) is 1. The standard InChI is InChI=1S/C23H29.C13H21.C8H8.2ClH.Zr/c1-14-9-16-11-17-10-15(2)21(23(6,7)8)13-19(17)18(16)12-20(14)22(3,4)5;1-5-6-7-11-8-9-12(10-11)13(2,3)4;1-2-8-6-4-3-5-7-8;;;/h9-13H,1-8H3;9-11H,5-7H2,1-4H3;3-7H,1H3;2*1H;/q2*-1;;;;+2/p-2. The Morgan fingerprint density at radius 2 is 1.21 bits per heavy atom. The van der Waals surface area contributed by atoms with Crippen molar-refractivity contribution in [2.45, 2.75) is 120 Å². The van der Waals surface area contributed by atoms with Crippen LogP contribution in [0.5, 0.6) is 0 Å². The number of hydrogen-bond donors (Lipinski definition) is 0. The molecule has 5 rings (SSSR count). The topological polar surface area (TPSA) is 0 Å². The van der Waals surface area contributed by atoms with Gasteiger partial charge in [-0.15, -0.1) is 39.7 Å². The van der Waals surface area contributed by atoms with E-state index in [0.717, 1.165) is 0 Å². The first-order valence-electron chi connectivity index (χ1n) is 16.9. The zero-order chi connectivity index (χ0) is 33.7. The molecule has 4 aromatic rings. The summed E-state index contributed by atoms with van der Waals surface area (Å²) in [6, 6.07) is 22.4. The minimum absolute atomic E-state index is 0. The Kier molecular flexibility index (Phi) is 16.5. The number of rotatable bonds is 4. The van der Waals surface area contributed by atoms with Crippen molar-refractivity contribution in [1.82, 2.24) is 0 Å². The molecule has 1 aliphatic carbocycles. The third-order valence-corrected chi connectivity index (χ3v) is 9.49. The maximum absolute atomic E-state index is 3.43. The van der Waals surface area contributed by atoms with Crippen molar-refractivity contribution in [3.63, 3.8) is 0 Å². The Bertz CT molecular complexity index is 1590. The molecule has 0 spiro atoms. The maximum atomic E-state index is 3.43. The van der Waals surface area contributed by atoms with Gasteiger partial charge in [0.1, 0.15) is 0 Å². The van der Waals surface area contributed by atoms with Crippen LogP contribution in [-0.4, -0.2) is 3.21 Å². The summed E-state index contributed by atoms with van der Waals surface area (Å²) in [7, 11) is 0. The molecule has 47 heavy (non-hydrogen) atoms. The number of benzene rings is 3. The molecular formula is C44H58Cl2Zr-2. The van der Waals surface area contributed by atoms with Gasteiger partial charge in [0.05, 0.1) is 0 Å². The predicted molar refractivity (Wildman–Crippen MR) is 199 cm³/mol. The summed E-state index contributed by atoms with van der Waals surface area (Å²) in [5, 5.41) is 5.55. The van der Waals surface area contributed by atoms with Crippen molar-refractivity contribution >= 4 is 24.8 Å². The average Bonchev–Trinajstić information content (AvgIpc) is 3.55. The van der Waals surface area contributed by atoms with E-state index in [4.69, 9.17) is 0 Å². The van der Waals surface area contributed by atoms with Gasteiger partial charge in [0.15, 0.2) is 0 Å². The number of allylic oxidation sites excluding steroid dienone is 4. The summed E-state index contributed by atoms with van der Waals surface area (Å²) >= 11 is 1.51. The second-order valence-corrected chi connectivity index (χ2v) is 17.9. The Morgan fingerprint density at radius 1 is 0.745 bits per heavy atom. The van der Waals surface area contributed by atoms with E-state index in [1.54, 1.807) is 0 Å². The van der Waals surface area contributed by atoms with E-state index in [-0.39, 0.29) is 35.6 Å². The molecule has 254 valence electrons. The van der Waals surface area contributed by atoms with Gasteiger partial charge in [0.2, 0.25) is 0 Å². The maximum Gasteiger partial charge on any atom is -0.0142 e. The third-order valence-electron chi connectivity index (χ3n) is 8.79. The number of fused-ring (bicyclic) bond motifs is 3. The van der Waals surface area contributed by atoms with E-state index in [1.165, 1.54) is 102 Å². The van der Waals surface area contributed by atoms with Crippen molar-refractivity contribution in [3.8, 4) is 0 Å². The Hall–Kier alpha value is -1.66. The van der Waals surface area contributed by atoms with Crippen LogP contribution in [0, 0.1) is 31.3 Å². The number of aryl methyl sites for hydroxylation is 2. The van der Waals surface area contributed by atoms with Crippen LogP contribution < -0.4 is 24.8 Å². The second kappa shape index (κ2) is 17.8. The molecule has 1 atom stereocenters. The van der Waals surface area contributed by atoms with Crippen LogP contribution in [0.1, 0.15) is 123 Å². The summed E-state index contributed by atoms with van der Waals surface area (Å²) < 4.78 is 1.46. The van der Waals surface area contributed by atoms with E-state index in [0.29, 0.717) is 11.3 Å². The van der Waals surface area contributed by atoms with Crippen LogP contribution in [0.3, 0.4) is 0 Å². The van der Waals surface area contributed by atoms with Crippen molar-refractivity contribution < 1.29 is 49.0 Å². The third kappa shape index (κ3) is 12.0. The fourth-order valence-electron chi connectivity index (χ4n) is 6.20. The van der Waals surface area contributed by atoms with Crippen LogP contribution >= 0.6 is 0 Å². The predicted octanol–water partition coefficient (Wildman–Crippen LogP) is 6.84. The monoisotopic (exact) mass is 746 g/mol. The van der Waals surface area contributed by atoms with Crippen LogP contribution in [-0.2, 0) is 35.1 Å². The van der Waals surface area contributed by atoms with Gasteiger partial charge >= 0.3 is 70.3 Å².